The number of hydrogen-bond acceptors (Lipinski definition) is 7. The molecule has 154 valence electrons. The fraction of sp³-hybridized carbons (Fsp3) is 0.550. The van der Waals surface area contributed by atoms with E-state index < -0.39 is 24.3 Å². The number of carbonyl (C=O) groups excluding carboxylic acids is 2. The Morgan fingerprint density at radius 3 is 2.50 bits per heavy atom. The number of hydrazone groups is 1. The molecule has 0 aromatic heterocycles. The molecule has 1 aliphatic rings. The highest BCUT2D eigenvalue weighted by molar-refractivity contribution is 6.38. The molecule has 0 spiro atoms. The zero-order valence-corrected chi connectivity index (χ0v) is 16.8. The van der Waals surface area contributed by atoms with E-state index in [4.69, 9.17) is 9.47 Å². The molecule has 1 amide bonds. The van der Waals surface area contributed by atoms with E-state index in [1.165, 1.54) is 5.01 Å². The van der Waals surface area contributed by atoms with Gasteiger partial charge in [0, 0.05) is 6.54 Å². The third-order valence-corrected chi connectivity index (χ3v) is 3.98. The molecule has 8 nitrogen and oxygen atoms in total. The molecule has 2 rings (SSSR count). The first-order valence-electron chi connectivity index (χ1n) is 9.47. The van der Waals surface area contributed by atoms with Gasteiger partial charge in [-0.2, -0.15) is 0 Å². The lowest BCUT2D eigenvalue weighted by atomic mass is 10.0. The fourth-order valence-corrected chi connectivity index (χ4v) is 2.72. The largest absolute Gasteiger partial charge is 0.445 e. The Kier molecular flexibility index (Phi) is 7.80. The minimum atomic E-state index is -1.30. The van der Waals surface area contributed by atoms with Crippen molar-refractivity contribution < 1.29 is 24.2 Å². The molecule has 1 aliphatic heterocycles. The highest BCUT2D eigenvalue weighted by Crippen LogP contribution is 2.16. The standard InChI is InChI=1S/C20H29N3O5/c1-13(2)10-16(21-19(25)27-12-15-8-6-5-7-9-15)17(24)18-22-23(11-14(3)4)20(26)28-18/h5-9,13-14,16,20,26H,10-12H2,1-4H3,(H,21,25)/t16-,20?/m0/s1. The van der Waals surface area contributed by atoms with Crippen LogP contribution in [0.4, 0.5) is 4.79 Å². The van der Waals surface area contributed by atoms with Crippen molar-refractivity contribution >= 4 is 17.8 Å². The van der Waals surface area contributed by atoms with Crippen LogP contribution in [0.15, 0.2) is 35.4 Å². The average molecular weight is 391 g/mol. The molecule has 2 N–H and O–H groups in total. The average Bonchev–Trinajstić information content (AvgIpc) is 2.99. The van der Waals surface area contributed by atoms with Gasteiger partial charge in [0.05, 0.1) is 0 Å². The molecular weight excluding hydrogens is 362 g/mol. The second kappa shape index (κ2) is 10.1. The Labute approximate surface area is 165 Å². The molecule has 0 radical (unpaired) electrons. The van der Waals surface area contributed by atoms with E-state index in [0.29, 0.717) is 13.0 Å². The summed E-state index contributed by atoms with van der Waals surface area (Å²) in [7, 11) is 0. The Morgan fingerprint density at radius 1 is 1.21 bits per heavy atom. The number of Topliss-reactive ketones (excluding diaryl/α,β-unsaturated/α-hetero) is 1. The highest BCUT2D eigenvalue weighted by Gasteiger charge is 2.35. The summed E-state index contributed by atoms with van der Waals surface area (Å²) in [6.07, 6.45) is -1.60. The van der Waals surface area contributed by atoms with Gasteiger partial charge >= 0.3 is 6.09 Å². The second-order valence-electron chi connectivity index (χ2n) is 7.62. The predicted molar refractivity (Wildman–Crippen MR) is 104 cm³/mol. The van der Waals surface area contributed by atoms with E-state index in [1.807, 2.05) is 58.0 Å². The number of aliphatic hydroxyl groups excluding tert-OH is 1. The Bertz CT molecular complexity index is 690. The van der Waals surface area contributed by atoms with Gasteiger partial charge in [0.2, 0.25) is 5.78 Å². The number of rotatable bonds is 9. The topological polar surface area (TPSA) is 100 Å². The van der Waals surface area contributed by atoms with E-state index >= 15 is 0 Å². The van der Waals surface area contributed by atoms with Crippen LogP contribution in [0.3, 0.4) is 0 Å². The van der Waals surface area contributed by atoms with E-state index in [0.717, 1.165) is 5.56 Å². The maximum atomic E-state index is 12.8. The maximum absolute atomic E-state index is 12.8. The number of nitrogens with one attached hydrogen (secondary N) is 1. The summed E-state index contributed by atoms with van der Waals surface area (Å²) in [5.74, 6) is -0.325. The molecular formula is C20H29N3O5. The van der Waals surface area contributed by atoms with Gasteiger partial charge in [-0.05, 0) is 23.8 Å². The van der Waals surface area contributed by atoms with Crippen LogP contribution in [-0.4, -0.2) is 46.9 Å². The summed E-state index contributed by atoms with van der Waals surface area (Å²) in [4.78, 5) is 25.0. The summed E-state index contributed by atoms with van der Waals surface area (Å²) >= 11 is 0. The number of carbonyl (C=O) groups is 2. The summed E-state index contributed by atoms with van der Waals surface area (Å²) in [6.45, 7) is 8.36. The first-order chi connectivity index (χ1) is 13.3. The van der Waals surface area contributed by atoms with Crippen molar-refractivity contribution in [2.24, 2.45) is 16.9 Å². The molecule has 0 bridgehead atoms. The zero-order chi connectivity index (χ0) is 20.7. The molecule has 28 heavy (non-hydrogen) atoms. The van der Waals surface area contributed by atoms with Crippen molar-refractivity contribution in [3.8, 4) is 0 Å². The molecule has 0 saturated carbocycles. The van der Waals surface area contributed by atoms with Crippen molar-refractivity contribution in [3.05, 3.63) is 35.9 Å². The van der Waals surface area contributed by atoms with Gasteiger partial charge in [-0.1, -0.05) is 58.0 Å². The van der Waals surface area contributed by atoms with Gasteiger partial charge in [0.1, 0.15) is 12.6 Å². The van der Waals surface area contributed by atoms with Gasteiger partial charge in [-0.15, -0.1) is 5.10 Å². The van der Waals surface area contributed by atoms with Gasteiger partial charge in [0.25, 0.3) is 12.3 Å². The molecule has 1 heterocycles. The molecule has 8 heteroatoms. The third-order valence-electron chi connectivity index (χ3n) is 3.98. The van der Waals surface area contributed by atoms with Crippen LogP contribution >= 0.6 is 0 Å². The Hall–Kier alpha value is -2.61. The van der Waals surface area contributed by atoms with Crippen LogP contribution in [0.25, 0.3) is 0 Å². The number of benzene rings is 1. The molecule has 1 aromatic carbocycles. The summed E-state index contributed by atoms with van der Waals surface area (Å²) in [5, 5.41) is 17.9. The second-order valence-corrected chi connectivity index (χ2v) is 7.62. The van der Waals surface area contributed by atoms with Gasteiger partial charge in [-0.25, -0.2) is 9.80 Å². The number of hydrogen-bond donors (Lipinski definition) is 2. The molecule has 0 aliphatic carbocycles. The van der Waals surface area contributed by atoms with Crippen molar-refractivity contribution in [1.82, 2.24) is 10.3 Å². The number of ketones is 1. The van der Waals surface area contributed by atoms with Crippen LogP contribution in [-0.2, 0) is 20.9 Å². The molecule has 0 fully saturated rings. The van der Waals surface area contributed by atoms with Gasteiger partial charge in [0.15, 0.2) is 0 Å². The van der Waals surface area contributed by atoms with Gasteiger partial charge in [-0.3, -0.25) is 4.79 Å². The smallest absolute Gasteiger partial charge is 0.408 e. The molecule has 1 unspecified atom stereocenters. The SMILES string of the molecule is CC(C)C[C@H](NC(=O)OCc1ccccc1)C(=O)C1=NN(CC(C)C)C(O)O1. The number of ether oxygens (including phenoxy) is 2. The molecule has 1 aromatic rings. The zero-order valence-electron chi connectivity index (χ0n) is 16.8. The third kappa shape index (κ3) is 6.53. The first kappa shape index (κ1) is 21.7. The maximum Gasteiger partial charge on any atom is 0.408 e. The van der Waals surface area contributed by atoms with Crippen LogP contribution in [0.1, 0.15) is 39.7 Å². The van der Waals surface area contributed by atoms with Crippen LogP contribution in [0.2, 0.25) is 0 Å². The normalized spacial score (nSPS) is 17.3. The van der Waals surface area contributed by atoms with E-state index in [2.05, 4.69) is 10.4 Å². The lowest BCUT2D eigenvalue weighted by Crippen LogP contribution is -2.45. The van der Waals surface area contributed by atoms with Crippen LogP contribution < -0.4 is 5.32 Å². The summed E-state index contributed by atoms with van der Waals surface area (Å²) in [6, 6.07) is 8.41. The fourth-order valence-electron chi connectivity index (χ4n) is 2.72. The molecule has 2 atom stereocenters. The first-order valence-corrected chi connectivity index (χ1v) is 9.47. The lowest BCUT2D eigenvalue weighted by molar-refractivity contribution is -0.131. The van der Waals surface area contributed by atoms with E-state index in [1.54, 1.807) is 0 Å². The Morgan fingerprint density at radius 2 is 1.89 bits per heavy atom. The van der Waals surface area contributed by atoms with Crippen molar-refractivity contribution in [2.75, 3.05) is 6.54 Å². The number of nitrogens with zero attached hydrogens (tertiary/aromatic N) is 2. The highest BCUT2D eigenvalue weighted by atomic mass is 16.7. The lowest BCUT2D eigenvalue weighted by Gasteiger charge is -2.19. The summed E-state index contributed by atoms with van der Waals surface area (Å²) in [5.41, 5.74) is 0.848. The van der Waals surface area contributed by atoms with Crippen molar-refractivity contribution in [1.29, 1.82) is 0 Å². The van der Waals surface area contributed by atoms with Gasteiger partial charge < -0.3 is 19.9 Å². The van der Waals surface area contributed by atoms with Crippen molar-refractivity contribution in [3.63, 3.8) is 0 Å². The van der Waals surface area contributed by atoms with Crippen LogP contribution in [0, 0.1) is 11.8 Å². The molecule has 0 saturated heterocycles. The minimum Gasteiger partial charge on any atom is -0.445 e. The monoisotopic (exact) mass is 391 g/mol. The minimum absolute atomic E-state index is 0.105. The Balaban J connectivity index is 1.99. The number of amides is 1. The summed E-state index contributed by atoms with van der Waals surface area (Å²) < 4.78 is 10.4. The van der Waals surface area contributed by atoms with E-state index in [9.17, 15) is 14.7 Å². The van der Waals surface area contributed by atoms with E-state index in [-0.39, 0.29) is 24.3 Å². The number of alkyl carbamates (subject to hydrolysis) is 1. The van der Waals surface area contributed by atoms with Crippen LogP contribution in [0.5, 0.6) is 0 Å². The number of aliphatic hydroxyl groups is 1. The quantitative estimate of drug-likeness (QED) is 0.671. The predicted octanol–water partition coefficient (Wildman–Crippen LogP) is 2.47. The van der Waals surface area contributed by atoms with Crippen molar-refractivity contribution in [2.45, 2.75) is 53.2 Å².